The molecular weight excluding hydrogens is 216 g/mol. The van der Waals surface area contributed by atoms with Crippen molar-refractivity contribution in [2.24, 2.45) is 5.92 Å². The van der Waals surface area contributed by atoms with Crippen molar-refractivity contribution in [1.82, 2.24) is 10.6 Å². The van der Waals surface area contributed by atoms with Crippen molar-refractivity contribution in [2.75, 3.05) is 26.3 Å². The third kappa shape index (κ3) is 4.28. The van der Waals surface area contributed by atoms with Crippen molar-refractivity contribution in [3.05, 3.63) is 0 Å². The zero-order valence-electron chi connectivity index (χ0n) is 10.5. The van der Waals surface area contributed by atoms with Gasteiger partial charge in [0.15, 0.2) is 0 Å². The molecule has 0 spiro atoms. The summed E-state index contributed by atoms with van der Waals surface area (Å²) in [5.41, 5.74) is 0. The van der Waals surface area contributed by atoms with Gasteiger partial charge in [-0.25, -0.2) is 0 Å². The molecule has 1 unspecified atom stereocenters. The van der Waals surface area contributed by atoms with Crippen LogP contribution in [0.25, 0.3) is 0 Å². The number of carbonyl (C=O) groups is 1. The molecule has 1 amide bonds. The molecule has 98 valence electrons. The SMILES string of the molecule is O=C(NCC1COCCN1)C1CCCCCC1. The molecule has 1 atom stereocenters. The standard InChI is InChI=1S/C13H24N2O2/c16-13(11-5-3-1-2-4-6-11)15-9-12-10-17-8-7-14-12/h11-12,14H,1-10H2,(H,15,16). The fraction of sp³-hybridized carbons (Fsp3) is 0.923. The van der Waals surface area contributed by atoms with E-state index in [1.165, 1.54) is 25.7 Å². The molecule has 1 aliphatic heterocycles. The van der Waals surface area contributed by atoms with Gasteiger partial charge in [-0.3, -0.25) is 4.79 Å². The Labute approximate surface area is 103 Å². The van der Waals surface area contributed by atoms with E-state index >= 15 is 0 Å². The van der Waals surface area contributed by atoms with Gasteiger partial charge in [-0.15, -0.1) is 0 Å². The lowest BCUT2D eigenvalue weighted by molar-refractivity contribution is -0.125. The summed E-state index contributed by atoms with van der Waals surface area (Å²) < 4.78 is 5.37. The highest BCUT2D eigenvalue weighted by molar-refractivity contribution is 5.78. The Bertz CT molecular complexity index is 232. The van der Waals surface area contributed by atoms with Crippen LogP contribution in [0.5, 0.6) is 0 Å². The summed E-state index contributed by atoms with van der Waals surface area (Å²) in [5, 5.41) is 6.42. The molecule has 0 bridgehead atoms. The molecule has 2 fully saturated rings. The Morgan fingerprint density at radius 1 is 1.24 bits per heavy atom. The summed E-state index contributed by atoms with van der Waals surface area (Å²) in [5.74, 6) is 0.501. The van der Waals surface area contributed by atoms with E-state index < -0.39 is 0 Å². The predicted octanol–water partition coefficient (Wildman–Crippen LogP) is 1.06. The van der Waals surface area contributed by atoms with Gasteiger partial charge in [-0.1, -0.05) is 25.7 Å². The van der Waals surface area contributed by atoms with Crippen molar-refractivity contribution in [1.29, 1.82) is 0 Å². The largest absolute Gasteiger partial charge is 0.378 e. The van der Waals surface area contributed by atoms with Gasteiger partial charge >= 0.3 is 0 Å². The van der Waals surface area contributed by atoms with Crippen molar-refractivity contribution >= 4 is 5.91 Å². The average molecular weight is 240 g/mol. The van der Waals surface area contributed by atoms with Crippen LogP contribution < -0.4 is 10.6 Å². The van der Waals surface area contributed by atoms with E-state index in [2.05, 4.69) is 10.6 Å². The van der Waals surface area contributed by atoms with Crippen molar-refractivity contribution < 1.29 is 9.53 Å². The maximum absolute atomic E-state index is 12.0. The second-order valence-electron chi connectivity index (χ2n) is 5.16. The van der Waals surface area contributed by atoms with Gasteiger partial charge in [0.1, 0.15) is 0 Å². The molecule has 4 heteroatoms. The Kier molecular flexibility index (Phi) is 5.26. The number of carbonyl (C=O) groups excluding carboxylic acids is 1. The van der Waals surface area contributed by atoms with Crippen LogP contribution in [0.1, 0.15) is 38.5 Å². The molecule has 1 aliphatic carbocycles. The quantitative estimate of drug-likeness (QED) is 0.725. The highest BCUT2D eigenvalue weighted by Gasteiger charge is 2.21. The molecular formula is C13H24N2O2. The maximum Gasteiger partial charge on any atom is 0.223 e. The first kappa shape index (κ1) is 12.8. The first-order valence-corrected chi connectivity index (χ1v) is 6.95. The van der Waals surface area contributed by atoms with Crippen LogP contribution in [0.2, 0.25) is 0 Å². The Morgan fingerprint density at radius 3 is 2.65 bits per heavy atom. The number of nitrogens with one attached hydrogen (secondary N) is 2. The van der Waals surface area contributed by atoms with Crippen molar-refractivity contribution in [3.8, 4) is 0 Å². The van der Waals surface area contributed by atoms with E-state index in [1.54, 1.807) is 0 Å². The van der Waals surface area contributed by atoms with Gasteiger partial charge in [-0.05, 0) is 12.8 Å². The monoisotopic (exact) mass is 240 g/mol. The molecule has 0 aromatic heterocycles. The smallest absolute Gasteiger partial charge is 0.223 e. The lowest BCUT2D eigenvalue weighted by atomic mass is 9.99. The van der Waals surface area contributed by atoms with Crippen LogP contribution >= 0.6 is 0 Å². The zero-order valence-corrected chi connectivity index (χ0v) is 10.5. The highest BCUT2D eigenvalue weighted by Crippen LogP contribution is 2.22. The number of ether oxygens (including phenoxy) is 1. The summed E-state index contributed by atoms with van der Waals surface area (Å²) in [7, 11) is 0. The average Bonchev–Trinajstić information content (AvgIpc) is 2.66. The molecule has 1 saturated carbocycles. The summed E-state index contributed by atoms with van der Waals surface area (Å²) in [4.78, 5) is 12.0. The predicted molar refractivity (Wildman–Crippen MR) is 66.8 cm³/mol. The van der Waals surface area contributed by atoms with Gasteiger partial charge < -0.3 is 15.4 Å². The summed E-state index contributed by atoms with van der Waals surface area (Å²) in [6.07, 6.45) is 7.15. The van der Waals surface area contributed by atoms with Crippen LogP contribution in [-0.4, -0.2) is 38.3 Å². The topological polar surface area (TPSA) is 50.4 Å². The normalized spacial score (nSPS) is 27.4. The lowest BCUT2D eigenvalue weighted by Crippen LogP contribution is -2.49. The molecule has 0 aromatic rings. The summed E-state index contributed by atoms with van der Waals surface area (Å²) >= 11 is 0. The fourth-order valence-corrected chi connectivity index (χ4v) is 2.66. The van der Waals surface area contributed by atoms with Gasteiger partial charge in [0.05, 0.1) is 13.2 Å². The molecule has 0 radical (unpaired) electrons. The number of rotatable bonds is 3. The third-order valence-corrected chi connectivity index (χ3v) is 3.75. The van der Waals surface area contributed by atoms with E-state index in [9.17, 15) is 4.79 Å². The van der Waals surface area contributed by atoms with E-state index in [-0.39, 0.29) is 11.8 Å². The van der Waals surface area contributed by atoms with Crippen molar-refractivity contribution in [3.63, 3.8) is 0 Å². The van der Waals surface area contributed by atoms with Gasteiger partial charge in [0.25, 0.3) is 0 Å². The van der Waals surface area contributed by atoms with Gasteiger partial charge in [0, 0.05) is 25.0 Å². The first-order valence-electron chi connectivity index (χ1n) is 6.95. The first-order chi connectivity index (χ1) is 8.36. The van der Waals surface area contributed by atoms with Crippen LogP contribution in [0.4, 0.5) is 0 Å². The van der Waals surface area contributed by atoms with E-state index in [1.807, 2.05) is 0 Å². The third-order valence-electron chi connectivity index (χ3n) is 3.75. The van der Waals surface area contributed by atoms with Crippen LogP contribution in [0.3, 0.4) is 0 Å². The number of hydrogen-bond acceptors (Lipinski definition) is 3. The Balaban J connectivity index is 1.68. The molecule has 1 saturated heterocycles. The second kappa shape index (κ2) is 6.97. The highest BCUT2D eigenvalue weighted by atomic mass is 16.5. The minimum absolute atomic E-state index is 0.249. The minimum atomic E-state index is 0.249. The number of hydrogen-bond donors (Lipinski definition) is 2. The maximum atomic E-state index is 12.0. The second-order valence-corrected chi connectivity index (χ2v) is 5.16. The molecule has 17 heavy (non-hydrogen) atoms. The van der Waals surface area contributed by atoms with E-state index in [4.69, 9.17) is 4.74 Å². The van der Waals surface area contributed by atoms with Gasteiger partial charge in [0.2, 0.25) is 5.91 Å². The summed E-state index contributed by atoms with van der Waals surface area (Å²) in [6.45, 7) is 3.09. The van der Waals surface area contributed by atoms with E-state index in [0.29, 0.717) is 19.2 Å². The molecule has 2 N–H and O–H groups in total. The van der Waals surface area contributed by atoms with E-state index in [0.717, 1.165) is 26.0 Å². The Hall–Kier alpha value is -0.610. The van der Waals surface area contributed by atoms with Crippen LogP contribution in [0.15, 0.2) is 0 Å². The van der Waals surface area contributed by atoms with Crippen LogP contribution in [0, 0.1) is 5.92 Å². The Morgan fingerprint density at radius 2 is 2.00 bits per heavy atom. The number of amides is 1. The lowest BCUT2D eigenvalue weighted by Gasteiger charge is -2.25. The summed E-state index contributed by atoms with van der Waals surface area (Å²) in [6, 6.07) is 0.290. The zero-order chi connectivity index (χ0) is 11.9. The minimum Gasteiger partial charge on any atom is -0.378 e. The van der Waals surface area contributed by atoms with Gasteiger partial charge in [-0.2, -0.15) is 0 Å². The van der Waals surface area contributed by atoms with Crippen LogP contribution in [-0.2, 0) is 9.53 Å². The fourth-order valence-electron chi connectivity index (χ4n) is 2.66. The molecule has 2 aliphatic rings. The molecule has 2 rings (SSSR count). The van der Waals surface area contributed by atoms with Crippen molar-refractivity contribution in [2.45, 2.75) is 44.6 Å². The molecule has 0 aromatic carbocycles. The molecule has 4 nitrogen and oxygen atoms in total. The number of morpholine rings is 1. The molecule has 1 heterocycles.